The van der Waals surface area contributed by atoms with Gasteiger partial charge in [-0.3, -0.25) is 4.79 Å². The van der Waals surface area contributed by atoms with Gasteiger partial charge in [-0.25, -0.2) is 4.79 Å². The van der Waals surface area contributed by atoms with Crippen molar-refractivity contribution in [1.29, 1.82) is 0 Å². The molecule has 1 aromatic heterocycles. The quantitative estimate of drug-likeness (QED) is 0.475. The van der Waals surface area contributed by atoms with Crippen LogP contribution in [0.5, 0.6) is 0 Å². The second-order valence-electron chi connectivity index (χ2n) is 7.77. The molecule has 3 aromatic rings. The standard InChI is InChI=1S/C24H27N3O4/c28-23(25-10-9-20-15-26-22-4-2-1-3-21(20)22)17-31-24(29)19-7-5-18(6-8-19)16-27-11-13-30-14-12-27/h1-8,15,26H,9-14,16-17H2,(H,25,28)/p+1. The van der Waals surface area contributed by atoms with Crippen molar-refractivity contribution in [3.8, 4) is 0 Å². The molecule has 31 heavy (non-hydrogen) atoms. The fraction of sp³-hybridized carbons (Fsp3) is 0.333. The summed E-state index contributed by atoms with van der Waals surface area (Å²) < 4.78 is 10.5. The molecule has 2 aromatic carbocycles. The second-order valence-corrected chi connectivity index (χ2v) is 7.77. The van der Waals surface area contributed by atoms with Crippen molar-refractivity contribution in [2.75, 3.05) is 39.5 Å². The first kappa shape index (κ1) is 21.1. The Hall–Kier alpha value is -3.16. The number of H-pyrrole nitrogens is 1. The van der Waals surface area contributed by atoms with Gasteiger partial charge in [-0.1, -0.05) is 30.3 Å². The van der Waals surface area contributed by atoms with E-state index in [9.17, 15) is 9.59 Å². The zero-order valence-electron chi connectivity index (χ0n) is 17.5. The molecule has 7 heteroatoms. The highest BCUT2D eigenvalue weighted by Crippen LogP contribution is 2.17. The van der Waals surface area contributed by atoms with Gasteiger partial charge in [0.05, 0.1) is 18.8 Å². The molecular weight excluding hydrogens is 394 g/mol. The molecule has 2 heterocycles. The van der Waals surface area contributed by atoms with Crippen LogP contribution < -0.4 is 10.2 Å². The number of fused-ring (bicyclic) bond motifs is 1. The van der Waals surface area contributed by atoms with Crippen LogP contribution in [0.15, 0.2) is 54.7 Å². The first-order valence-corrected chi connectivity index (χ1v) is 10.7. The number of carbonyl (C=O) groups is 2. The van der Waals surface area contributed by atoms with Crippen LogP contribution in [-0.4, -0.2) is 56.3 Å². The molecule has 0 bridgehead atoms. The van der Waals surface area contributed by atoms with Gasteiger partial charge in [0.1, 0.15) is 19.6 Å². The number of rotatable bonds is 8. The number of aromatic amines is 1. The maximum atomic E-state index is 12.2. The van der Waals surface area contributed by atoms with Gasteiger partial charge in [0.25, 0.3) is 5.91 Å². The average Bonchev–Trinajstić information content (AvgIpc) is 3.22. The van der Waals surface area contributed by atoms with E-state index in [1.165, 1.54) is 10.5 Å². The van der Waals surface area contributed by atoms with Crippen molar-refractivity contribution in [1.82, 2.24) is 10.3 Å². The third kappa shape index (κ3) is 5.71. The molecule has 0 unspecified atom stereocenters. The number of para-hydroxylation sites is 1. The van der Waals surface area contributed by atoms with Gasteiger partial charge in [-0.2, -0.15) is 0 Å². The van der Waals surface area contributed by atoms with Gasteiger partial charge >= 0.3 is 5.97 Å². The summed E-state index contributed by atoms with van der Waals surface area (Å²) in [5, 5.41) is 3.96. The molecule has 1 fully saturated rings. The van der Waals surface area contributed by atoms with E-state index in [0.29, 0.717) is 18.5 Å². The topological polar surface area (TPSA) is 84.9 Å². The number of benzene rings is 2. The fourth-order valence-corrected chi connectivity index (χ4v) is 3.82. The van der Waals surface area contributed by atoms with Gasteiger partial charge in [-0.15, -0.1) is 0 Å². The summed E-state index contributed by atoms with van der Waals surface area (Å²) >= 11 is 0. The van der Waals surface area contributed by atoms with E-state index in [1.807, 2.05) is 36.5 Å². The summed E-state index contributed by atoms with van der Waals surface area (Å²) in [6, 6.07) is 15.5. The lowest BCUT2D eigenvalue weighted by Gasteiger charge is -2.23. The fourth-order valence-electron chi connectivity index (χ4n) is 3.82. The van der Waals surface area contributed by atoms with E-state index in [0.717, 1.165) is 49.3 Å². The zero-order chi connectivity index (χ0) is 21.5. The van der Waals surface area contributed by atoms with Crippen molar-refractivity contribution in [3.63, 3.8) is 0 Å². The number of amides is 1. The van der Waals surface area contributed by atoms with Crippen molar-refractivity contribution < 1.29 is 24.0 Å². The van der Waals surface area contributed by atoms with Crippen LogP contribution in [0.4, 0.5) is 0 Å². The van der Waals surface area contributed by atoms with Crippen LogP contribution in [0.3, 0.4) is 0 Å². The normalized spacial score (nSPS) is 14.5. The minimum atomic E-state index is -0.489. The Kier molecular flexibility index (Phi) is 6.96. The molecule has 7 nitrogen and oxygen atoms in total. The minimum Gasteiger partial charge on any atom is -0.452 e. The molecule has 0 aliphatic carbocycles. The molecule has 1 aliphatic rings. The summed E-state index contributed by atoms with van der Waals surface area (Å²) in [5.74, 6) is -0.794. The molecule has 1 amide bonds. The molecule has 0 atom stereocenters. The van der Waals surface area contributed by atoms with E-state index in [4.69, 9.17) is 9.47 Å². The van der Waals surface area contributed by atoms with Gasteiger partial charge in [0.15, 0.2) is 6.61 Å². The zero-order valence-corrected chi connectivity index (χ0v) is 17.5. The number of carbonyl (C=O) groups excluding carboxylic acids is 2. The van der Waals surface area contributed by atoms with Gasteiger partial charge in [0, 0.05) is 29.2 Å². The molecule has 162 valence electrons. The highest BCUT2D eigenvalue weighted by atomic mass is 16.5. The van der Waals surface area contributed by atoms with Crippen LogP contribution in [0.2, 0.25) is 0 Å². The highest BCUT2D eigenvalue weighted by molar-refractivity contribution is 5.91. The number of quaternary nitrogens is 1. The van der Waals surface area contributed by atoms with Crippen LogP contribution in [0, 0.1) is 0 Å². The van der Waals surface area contributed by atoms with E-state index in [-0.39, 0.29) is 12.5 Å². The second kappa shape index (κ2) is 10.2. The van der Waals surface area contributed by atoms with Crippen LogP contribution >= 0.6 is 0 Å². The number of hydrogen-bond acceptors (Lipinski definition) is 4. The Morgan fingerprint density at radius 2 is 1.84 bits per heavy atom. The average molecular weight is 423 g/mol. The summed E-state index contributed by atoms with van der Waals surface area (Å²) in [6.07, 6.45) is 2.66. The predicted octanol–water partition coefficient (Wildman–Crippen LogP) is 1.10. The van der Waals surface area contributed by atoms with E-state index < -0.39 is 5.97 Å². The number of esters is 1. The van der Waals surface area contributed by atoms with Crippen molar-refractivity contribution in [2.24, 2.45) is 0 Å². The van der Waals surface area contributed by atoms with Crippen molar-refractivity contribution in [3.05, 3.63) is 71.4 Å². The Morgan fingerprint density at radius 1 is 1.06 bits per heavy atom. The maximum absolute atomic E-state index is 12.2. The first-order valence-electron chi connectivity index (χ1n) is 10.7. The molecule has 1 saturated heterocycles. The molecule has 4 rings (SSSR count). The van der Waals surface area contributed by atoms with Gasteiger partial charge in [0.2, 0.25) is 0 Å². The van der Waals surface area contributed by atoms with E-state index in [2.05, 4.69) is 16.4 Å². The molecule has 1 aliphatic heterocycles. The van der Waals surface area contributed by atoms with Crippen LogP contribution in [-0.2, 0) is 27.2 Å². The monoisotopic (exact) mass is 422 g/mol. The van der Waals surface area contributed by atoms with Crippen molar-refractivity contribution >= 4 is 22.8 Å². The lowest BCUT2D eigenvalue weighted by atomic mass is 10.1. The minimum absolute atomic E-state index is 0.285. The van der Waals surface area contributed by atoms with Gasteiger partial charge in [-0.05, 0) is 30.2 Å². The SMILES string of the molecule is O=C(COC(=O)c1ccc(C[NH+]2CCOCC2)cc1)NCCc1c[nH]c2ccccc12. The Balaban J connectivity index is 1.18. The number of aromatic nitrogens is 1. The summed E-state index contributed by atoms with van der Waals surface area (Å²) in [4.78, 5) is 29.0. The number of hydrogen-bond donors (Lipinski definition) is 3. The van der Waals surface area contributed by atoms with Crippen LogP contribution in [0.1, 0.15) is 21.5 Å². The molecule has 0 saturated carbocycles. The lowest BCUT2D eigenvalue weighted by molar-refractivity contribution is -0.921. The third-order valence-electron chi connectivity index (χ3n) is 5.57. The van der Waals surface area contributed by atoms with E-state index >= 15 is 0 Å². The molecule has 0 spiro atoms. The van der Waals surface area contributed by atoms with Crippen molar-refractivity contribution in [2.45, 2.75) is 13.0 Å². The first-order chi connectivity index (χ1) is 15.2. The van der Waals surface area contributed by atoms with Gasteiger partial charge < -0.3 is 24.7 Å². The lowest BCUT2D eigenvalue weighted by Crippen LogP contribution is -3.12. The highest BCUT2D eigenvalue weighted by Gasteiger charge is 2.15. The maximum Gasteiger partial charge on any atom is 0.338 e. The number of nitrogens with one attached hydrogen (secondary N) is 3. The van der Waals surface area contributed by atoms with E-state index in [1.54, 1.807) is 12.1 Å². The summed E-state index contributed by atoms with van der Waals surface area (Å²) in [7, 11) is 0. The Morgan fingerprint density at radius 3 is 2.65 bits per heavy atom. The third-order valence-corrected chi connectivity index (χ3v) is 5.57. The molecule has 3 N–H and O–H groups in total. The predicted molar refractivity (Wildman–Crippen MR) is 117 cm³/mol. The Bertz CT molecular complexity index is 1020. The smallest absolute Gasteiger partial charge is 0.338 e. The molecule has 0 radical (unpaired) electrons. The van der Waals surface area contributed by atoms with Crippen LogP contribution in [0.25, 0.3) is 10.9 Å². The number of morpholine rings is 1. The summed E-state index contributed by atoms with van der Waals surface area (Å²) in [5.41, 5.74) is 3.85. The Labute approximate surface area is 181 Å². The molecular formula is C24H28N3O4+. The summed E-state index contributed by atoms with van der Waals surface area (Å²) in [6.45, 7) is 4.70. The largest absolute Gasteiger partial charge is 0.452 e. The number of ether oxygens (including phenoxy) is 2.